The fraction of sp³-hybridized carbons (Fsp3) is 0.562. The second kappa shape index (κ2) is 8.72. The van der Waals surface area contributed by atoms with Gasteiger partial charge in [-0.15, -0.1) is 0 Å². The Hall–Kier alpha value is -1.39. The van der Waals surface area contributed by atoms with E-state index in [0.717, 1.165) is 6.54 Å². The highest BCUT2D eigenvalue weighted by Crippen LogP contribution is 2.23. The summed E-state index contributed by atoms with van der Waals surface area (Å²) >= 11 is 0. The third kappa shape index (κ3) is 5.31. The SMILES string of the molecule is COCC(c1ccccc1)N(CCCC(=O)O)C(C)C. The molecule has 20 heavy (non-hydrogen) atoms. The van der Waals surface area contributed by atoms with E-state index in [4.69, 9.17) is 9.84 Å². The Labute approximate surface area is 121 Å². The van der Waals surface area contributed by atoms with Crippen molar-refractivity contribution in [1.82, 2.24) is 4.90 Å². The number of aliphatic carboxylic acids is 1. The van der Waals surface area contributed by atoms with E-state index in [9.17, 15) is 4.79 Å². The molecule has 112 valence electrons. The Morgan fingerprint density at radius 2 is 1.95 bits per heavy atom. The van der Waals surface area contributed by atoms with Gasteiger partial charge in [-0.25, -0.2) is 0 Å². The van der Waals surface area contributed by atoms with Crippen LogP contribution in [0.2, 0.25) is 0 Å². The Balaban J connectivity index is 2.80. The summed E-state index contributed by atoms with van der Waals surface area (Å²) in [5.74, 6) is -0.739. The van der Waals surface area contributed by atoms with E-state index < -0.39 is 5.97 Å². The van der Waals surface area contributed by atoms with Gasteiger partial charge in [-0.3, -0.25) is 9.69 Å². The summed E-state index contributed by atoms with van der Waals surface area (Å²) in [6.07, 6.45) is 0.859. The molecular weight excluding hydrogens is 254 g/mol. The van der Waals surface area contributed by atoms with Gasteiger partial charge in [0.1, 0.15) is 0 Å². The molecule has 0 aliphatic carbocycles. The maximum atomic E-state index is 10.7. The van der Waals surface area contributed by atoms with E-state index in [1.165, 1.54) is 5.56 Å². The van der Waals surface area contributed by atoms with E-state index in [-0.39, 0.29) is 12.5 Å². The Morgan fingerprint density at radius 3 is 2.45 bits per heavy atom. The molecule has 0 aliphatic heterocycles. The lowest BCUT2D eigenvalue weighted by atomic mass is 10.0. The smallest absolute Gasteiger partial charge is 0.303 e. The second-order valence-electron chi connectivity index (χ2n) is 5.21. The van der Waals surface area contributed by atoms with Gasteiger partial charge in [0.15, 0.2) is 0 Å². The van der Waals surface area contributed by atoms with E-state index in [1.54, 1.807) is 7.11 Å². The number of methoxy groups -OCH3 is 1. The van der Waals surface area contributed by atoms with E-state index in [2.05, 4.69) is 30.9 Å². The molecule has 1 unspecified atom stereocenters. The normalized spacial score (nSPS) is 12.8. The molecule has 4 nitrogen and oxygen atoms in total. The summed E-state index contributed by atoms with van der Waals surface area (Å²) in [5, 5.41) is 8.78. The van der Waals surface area contributed by atoms with Gasteiger partial charge in [0, 0.05) is 19.6 Å². The van der Waals surface area contributed by atoms with Crippen molar-refractivity contribution in [1.29, 1.82) is 0 Å². The van der Waals surface area contributed by atoms with Gasteiger partial charge in [-0.2, -0.15) is 0 Å². The fourth-order valence-corrected chi connectivity index (χ4v) is 2.40. The highest BCUT2D eigenvalue weighted by molar-refractivity contribution is 5.66. The van der Waals surface area contributed by atoms with Crippen molar-refractivity contribution in [3.63, 3.8) is 0 Å². The molecule has 0 spiro atoms. The zero-order valence-electron chi connectivity index (χ0n) is 12.6. The molecule has 0 fully saturated rings. The van der Waals surface area contributed by atoms with Crippen LogP contribution in [0.25, 0.3) is 0 Å². The number of hydrogen-bond donors (Lipinski definition) is 1. The molecular formula is C16H25NO3. The molecule has 0 saturated carbocycles. The predicted octanol–water partition coefficient (Wildman–Crippen LogP) is 2.95. The first-order chi connectivity index (χ1) is 9.56. The van der Waals surface area contributed by atoms with Crippen LogP contribution in [0.4, 0.5) is 0 Å². The van der Waals surface area contributed by atoms with Crippen LogP contribution in [0.1, 0.15) is 38.3 Å². The quantitative estimate of drug-likeness (QED) is 0.755. The average molecular weight is 279 g/mol. The van der Waals surface area contributed by atoms with Crippen molar-refractivity contribution in [3.8, 4) is 0 Å². The molecule has 1 aromatic carbocycles. The zero-order valence-corrected chi connectivity index (χ0v) is 12.6. The minimum atomic E-state index is -0.739. The van der Waals surface area contributed by atoms with E-state index >= 15 is 0 Å². The van der Waals surface area contributed by atoms with Gasteiger partial charge < -0.3 is 9.84 Å². The van der Waals surface area contributed by atoms with Gasteiger partial charge in [0.25, 0.3) is 0 Å². The van der Waals surface area contributed by atoms with Crippen LogP contribution in [-0.4, -0.2) is 42.3 Å². The van der Waals surface area contributed by atoms with Crippen LogP contribution < -0.4 is 0 Å². The summed E-state index contributed by atoms with van der Waals surface area (Å²) in [6, 6.07) is 10.7. The number of carbonyl (C=O) groups is 1. The molecule has 1 rings (SSSR count). The van der Waals surface area contributed by atoms with Gasteiger partial charge in [-0.05, 0) is 32.4 Å². The van der Waals surface area contributed by atoms with Gasteiger partial charge in [0.2, 0.25) is 0 Å². The first-order valence-electron chi connectivity index (χ1n) is 7.07. The molecule has 0 bridgehead atoms. The minimum Gasteiger partial charge on any atom is -0.481 e. The Morgan fingerprint density at radius 1 is 1.30 bits per heavy atom. The van der Waals surface area contributed by atoms with Gasteiger partial charge >= 0.3 is 5.97 Å². The zero-order chi connectivity index (χ0) is 15.0. The largest absolute Gasteiger partial charge is 0.481 e. The van der Waals surface area contributed by atoms with Crippen LogP contribution in [0.3, 0.4) is 0 Å². The summed E-state index contributed by atoms with van der Waals surface area (Å²) < 4.78 is 5.36. The first-order valence-corrected chi connectivity index (χ1v) is 7.07. The maximum Gasteiger partial charge on any atom is 0.303 e. The highest BCUT2D eigenvalue weighted by atomic mass is 16.5. The third-order valence-electron chi connectivity index (χ3n) is 3.38. The molecule has 1 aromatic rings. The topological polar surface area (TPSA) is 49.8 Å². The van der Waals surface area contributed by atoms with E-state index in [1.807, 2.05) is 18.2 Å². The number of hydrogen-bond acceptors (Lipinski definition) is 3. The molecule has 0 amide bonds. The maximum absolute atomic E-state index is 10.7. The number of benzene rings is 1. The Bertz CT molecular complexity index is 392. The van der Waals surface area contributed by atoms with Crippen LogP contribution in [0.5, 0.6) is 0 Å². The van der Waals surface area contributed by atoms with Gasteiger partial charge in [0.05, 0.1) is 12.6 Å². The molecule has 0 heterocycles. The van der Waals surface area contributed by atoms with Gasteiger partial charge in [-0.1, -0.05) is 30.3 Å². The Kier molecular flexibility index (Phi) is 7.26. The molecule has 0 aliphatic rings. The predicted molar refractivity (Wildman–Crippen MR) is 79.8 cm³/mol. The summed E-state index contributed by atoms with van der Waals surface area (Å²) in [4.78, 5) is 13.0. The van der Waals surface area contributed by atoms with Crippen LogP contribution >= 0.6 is 0 Å². The lowest BCUT2D eigenvalue weighted by molar-refractivity contribution is -0.137. The number of carboxylic acid groups (broad SMARTS) is 1. The number of rotatable bonds is 9. The van der Waals surface area contributed by atoms with E-state index in [0.29, 0.717) is 19.1 Å². The molecule has 0 aromatic heterocycles. The lowest BCUT2D eigenvalue weighted by Crippen LogP contribution is -2.38. The second-order valence-corrected chi connectivity index (χ2v) is 5.21. The highest BCUT2D eigenvalue weighted by Gasteiger charge is 2.22. The van der Waals surface area contributed by atoms with Crippen LogP contribution in [0, 0.1) is 0 Å². The number of carboxylic acids is 1. The van der Waals surface area contributed by atoms with Crippen LogP contribution in [0.15, 0.2) is 30.3 Å². The van der Waals surface area contributed by atoms with Crippen molar-refractivity contribution in [2.45, 2.75) is 38.8 Å². The number of nitrogens with zero attached hydrogens (tertiary/aromatic N) is 1. The first kappa shape index (κ1) is 16.7. The molecule has 0 saturated heterocycles. The van der Waals surface area contributed by atoms with Crippen molar-refractivity contribution in [3.05, 3.63) is 35.9 Å². The average Bonchev–Trinajstić information content (AvgIpc) is 2.42. The number of ether oxygens (including phenoxy) is 1. The minimum absolute atomic E-state index is 0.162. The lowest BCUT2D eigenvalue weighted by Gasteiger charge is -2.35. The molecule has 0 radical (unpaired) electrons. The fourth-order valence-electron chi connectivity index (χ4n) is 2.40. The summed E-state index contributed by atoms with van der Waals surface area (Å²) in [6.45, 7) is 5.63. The van der Waals surface area contributed by atoms with Crippen LogP contribution in [-0.2, 0) is 9.53 Å². The van der Waals surface area contributed by atoms with Crippen molar-refractivity contribution >= 4 is 5.97 Å². The monoisotopic (exact) mass is 279 g/mol. The molecule has 1 N–H and O–H groups in total. The summed E-state index contributed by atoms with van der Waals surface area (Å²) in [7, 11) is 1.70. The third-order valence-corrected chi connectivity index (χ3v) is 3.38. The molecule has 4 heteroatoms. The standard InChI is InChI=1S/C16H25NO3/c1-13(2)17(11-7-10-16(18)19)15(12-20-3)14-8-5-4-6-9-14/h4-6,8-9,13,15H,7,10-12H2,1-3H3,(H,18,19). The van der Waals surface area contributed by atoms with Crippen molar-refractivity contribution < 1.29 is 14.6 Å². The summed E-state index contributed by atoms with van der Waals surface area (Å²) in [5.41, 5.74) is 1.21. The molecule has 1 atom stereocenters. The van der Waals surface area contributed by atoms with Crippen molar-refractivity contribution in [2.24, 2.45) is 0 Å². The van der Waals surface area contributed by atoms with Crippen molar-refractivity contribution in [2.75, 3.05) is 20.3 Å².